The van der Waals surface area contributed by atoms with Crippen molar-refractivity contribution in [1.82, 2.24) is 0 Å². The Balaban J connectivity index is 1.63. The summed E-state index contributed by atoms with van der Waals surface area (Å²) in [7, 11) is 0. The molecule has 0 spiro atoms. The quantitative estimate of drug-likeness (QED) is 0.392. The number of ketones is 1. The summed E-state index contributed by atoms with van der Waals surface area (Å²) in [6.45, 7) is 6.91. The van der Waals surface area contributed by atoms with Gasteiger partial charge in [-0.3, -0.25) is 4.79 Å². The fraction of sp³-hybridized carbons (Fsp3) is 0.682. The van der Waals surface area contributed by atoms with Gasteiger partial charge in [0.1, 0.15) is 11.5 Å². The maximum Gasteiger partial charge on any atom is 0.196 e. The van der Waals surface area contributed by atoms with Crippen molar-refractivity contribution in [2.45, 2.75) is 84.3 Å². The highest BCUT2D eigenvalue weighted by molar-refractivity contribution is 5.80. The molecule has 0 heterocycles. The molecule has 0 amide bonds. The first kappa shape index (κ1) is 20.0. The summed E-state index contributed by atoms with van der Waals surface area (Å²) in [5, 5.41) is 0. The van der Waals surface area contributed by atoms with Gasteiger partial charge in [-0.25, -0.2) is 0 Å². The monoisotopic (exact) mass is 346 g/mol. The molecule has 0 aliphatic heterocycles. The molecule has 0 aromatic heterocycles. The molecule has 1 fully saturated rings. The molecule has 1 aromatic carbocycles. The fourth-order valence-corrected chi connectivity index (χ4v) is 3.46. The molecule has 0 bridgehead atoms. The highest BCUT2D eigenvalue weighted by Gasteiger charge is 2.20. The molecule has 1 aromatic rings. The largest absolute Gasteiger partial charge is 0.465 e. The van der Waals surface area contributed by atoms with Crippen molar-refractivity contribution < 1.29 is 14.3 Å². The molecule has 2 atom stereocenters. The number of carbonyl (C=O) groups is 1. The van der Waals surface area contributed by atoms with E-state index in [1.165, 1.54) is 24.8 Å². The minimum Gasteiger partial charge on any atom is -0.465 e. The normalized spacial score (nSPS) is 17.9. The Bertz CT molecular complexity index is 503. The second kappa shape index (κ2) is 10.6. The van der Waals surface area contributed by atoms with Gasteiger partial charge < -0.3 is 9.47 Å². The minimum atomic E-state index is -0.292. The summed E-state index contributed by atoms with van der Waals surface area (Å²) >= 11 is 0. The second-order valence-electron chi connectivity index (χ2n) is 7.34. The third-order valence-corrected chi connectivity index (χ3v) is 5.34. The average Bonchev–Trinajstić information content (AvgIpc) is 2.65. The number of benzene rings is 1. The van der Waals surface area contributed by atoms with Gasteiger partial charge in [-0.1, -0.05) is 45.2 Å². The predicted molar refractivity (Wildman–Crippen MR) is 102 cm³/mol. The molecule has 0 radical (unpaired) electrons. The number of rotatable bonds is 10. The molecule has 3 heteroatoms. The van der Waals surface area contributed by atoms with Crippen LogP contribution in [0.4, 0.5) is 0 Å². The number of hydrogen-bond acceptors (Lipinski definition) is 3. The van der Waals surface area contributed by atoms with E-state index in [2.05, 4.69) is 26.0 Å². The van der Waals surface area contributed by atoms with Gasteiger partial charge in [0.25, 0.3) is 0 Å². The zero-order valence-corrected chi connectivity index (χ0v) is 16.1. The molecule has 1 saturated carbocycles. The Labute approximate surface area is 153 Å². The van der Waals surface area contributed by atoms with Crippen LogP contribution in [0, 0.1) is 5.92 Å². The van der Waals surface area contributed by atoms with Gasteiger partial charge in [-0.2, -0.15) is 0 Å². The summed E-state index contributed by atoms with van der Waals surface area (Å²) in [6.07, 6.45) is 8.18. The van der Waals surface area contributed by atoms with Crippen LogP contribution < -0.4 is 4.74 Å². The van der Waals surface area contributed by atoms with E-state index in [9.17, 15) is 4.79 Å². The molecule has 0 saturated heterocycles. The maximum absolute atomic E-state index is 12.2. The topological polar surface area (TPSA) is 35.5 Å². The van der Waals surface area contributed by atoms with Crippen LogP contribution >= 0.6 is 0 Å². The number of hydrogen-bond donors (Lipinski definition) is 0. The van der Waals surface area contributed by atoms with Crippen molar-refractivity contribution in [3.8, 4) is 5.75 Å². The first-order valence-electron chi connectivity index (χ1n) is 10.0. The van der Waals surface area contributed by atoms with Crippen LogP contribution in [0.2, 0.25) is 0 Å². The van der Waals surface area contributed by atoms with Gasteiger partial charge in [0.05, 0.1) is 6.61 Å². The first-order valence-corrected chi connectivity index (χ1v) is 10.0. The Morgan fingerprint density at radius 3 is 2.44 bits per heavy atom. The zero-order valence-electron chi connectivity index (χ0n) is 16.1. The Hall–Kier alpha value is -1.35. The van der Waals surface area contributed by atoms with Crippen molar-refractivity contribution in [3.05, 3.63) is 29.8 Å². The molecule has 1 aliphatic rings. The van der Waals surface area contributed by atoms with Crippen LogP contribution in [0.25, 0.3) is 0 Å². The van der Waals surface area contributed by atoms with Gasteiger partial charge in [0, 0.05) is 12.3 Å². The maximum atomic E-state index is 12.2. The van der Waals surface area contributed by atoms with Gasteiger partial charge in [0.15, 0.2) is 6.29 Å². The van der Waals surface area contributed by atoms with Crippen molar-refractivity contribution in [3.63, 3.8) is 0 Å². The lowest BCUT2D eigenvalue weighted by molar-refractivity contribution is -0.124. The van der Waals surface area contributed by atoms with Gasteiger partial charge in [0.2, 0.25) is 0 Å². The smallest absolute Gasteiger partial charge is 0.196 e. The van der Waals surface area contributed by atoms with E-state index in [1.807, 2.05) is 19.1 Å². The minimum absolute atomic E-state index is 0.292. The van der Waals surface area contributed by atoms with E-state index in [1.54, 1.807) is 0 Å². The van der Waals surface area contributed by atoms with Crippen molar-refractivity contribution >= 4 is 5.78 Å². The third-order valence-electron chi connectivity index (χ3n) is 5.34. The molecule has 2 unspecified atom stereocenters. The number of Topliss-reactive ketones (excluding diaryl/α,β-unsaturated/α-hetero) is 1. The van der Waals surface area contributed by atoms with Crippen LogP contribution in [-0.2, 0) is 9.53 Å². The Kier molecular flexibility index (Phi) is 8.47. The number of carbonyl (C=O) groups excluding carboxylic acids is 1. The second-order valence-corrected chi connectivity index (χ2v) is 7.34. The van der Waals surface area contributed by atoms with Crippen molar-refractivity contribution in [2.24, 2.45) is 5.92 Å². The summed E-state index contributed by atoms with van der Waals surface area (Å²) in [4.78, 5) is 12.2. The van der Waals surface area contributed by atoms with Crippen LogP contribution in [-0.4, -0.2) is 18.7 Å². The highest BCUT2D eigenvalue weighted by atomic mass is 16.7. The molecule has 3 nitrogen and oxygen atoms in total. The Morgan fingerprint density at radius 1 is 1.12 bits per heavy atom. The molecule has 0 N–H and O–H groups in total. The molecule has 2 rings (SSSR count). The van der Waals surface area contributed by atoms with Gasteiger partial charge in [-0.15, -0.1) is 0 Å². The lowest BCUT2D eigenvalue weighted by Gasteiger charge is -2.20. The molecular weight excluding hydrogens is 312 g/mol. The molecule has 25 heavy (non-hydrogen) atoms. The van der Waals surface area contributed by atoms with E-state index in [0.717, 1.165) is 31.4 Å². The summed E-state index contributed by atoms with van der Waals surface area (Å²) in [6, 6.07) is 8.26. The summed E-state index contributed by atoms with van der Waals surface area (Å²) in [5.41, 5.74) is 1.34. The lowest BCUT2D eigenvalue weighted by Crippen LogP contribution is -2.20. The van der Waals surface area contributed by atoms with Crippen molar-refractivity contribution in [1.29, 1.82) is 0 Å². The van der Waals surface area contributed by atoms with E-state index >= 15 is 0 Å². The predicted octanol–water partition coefficient (Wildman–Crippen LogP) is 5.87. The van der Waals surface area contributed by atoms with E-state index in [0.29, 0.717) is 30.6 Å². The molecule has 1 aliphatic carbocycles. The van der Waals surface area contributed by atoms with E-state index in [-0.39, 0.29) is 6.29 Å². The highest BCUT2D eigenvalue weighted by Crippen LogP contribution is 2.26. The number of ether oxygens (including phenoxy) is 2. The average molecular weight is 347 g/mol. The Morgan fingerprint density at radius 2 is 1.80 bits per heavy atom. The van der Waals surface area contributed by atoms with Gasteiger partial charge >= 0.3 is 0 Å². The van der Waals surface area contributed by atoms with Crippen LogP contribution in [0.3, 0.4) is 0 Å². The summed E-state index contributed by atoms with van der Waals surface area (Å²) in [5.74, 6) is 2.14. The first-order chi connectivity index (χ1) is 12.1. The van der Waals surface area contributed by atoms with E-state index < -0.39 is 0 Å². The van der Waals surface area contributed by atoms with E-state index in [4.69, 9.17) is 9.47 Å². The fourth-order valence-electron chi connectivity index (χ4n) is 3.46. The SMILES string of the molecule is CCC(C)c1ccc(OC(C)OCCCC(=O)C2CCCCC2)cc1. The third kappa shape index (κ3) is 6.81. The zero-order chi connectivity index (χ0) is 18.1. The van der Waals surface area contributed by atoms with Crippen LogP contribution in [0.15, 0.2) is 24.3 Å². The summed E-state index contributed by atoms with van der Waals surface area (Å²) < 4.78 is 11.5. The lowest BCUT2D eigenvalue weighted by atomic mass is 9.85. The standard InChI is InChI=1S/C22H34O3/c1-4-17(2)19-12-14-21(15-13-19)25-18(3)24-16-8-11-22(23)20-9-6-5-7-10-20/h12-15,17-18,20H,4-11,16H2,1-3H3. The molecular formula is C22H34O3. The van der Waals surface area contributed by atoms with Crippen LogP contribution in [0.1, 0.15) is 83.6 Å². The van der Waals surface area contributed by atoms with Crippen LogP contribution in [0.5, 0.6) is 5.75 Å². The molecule has 140 valence electrons. The van der Waals surface area contributed by atoms with Crippen molar-refractivity contribution in [2.75, 3.05) is 6.61 Å². The van der Waals surface area contributed by atoms with Gasteiger partial charge in [-0.05, 0) is 56.2 Å².